The van der Waals surface area contributed by atoms with Crippen LogP contribution in [0.5, 0.6) is 0 Å². The average molecular weight is 744 g/mol. The van der Waals surface area contributed by atoms with Crippen molar-refractivity contribution in [2.45, 2.75) is 206 Å². The van der Waals surface area contributed by atoms with E-state index in [9.17, 15) is 14.3 Å². The first-order valence-electron chi connectivity index (χ1n) is 21.3. The Morgan fingerprint density at radius 1 is 0.588 bits per heavy atom. The van der Waals surface area contributed by atoms with E-state index in [1.807, 2.05) is 0 Å². The molecule has 0 fully saturated rings. The standard InChI is InChI=1S/C42H82NO7P/c1-3-5-7-9-11-13-15-17-18-19-20-21-22-23-24-26-28-30-32-34-37-47-39-41(40-49-51(45,46)48-38-36-43)50-42(44)35-33-31-29-27-25-16-14-12-10-8-6-4-2/h11,13,17-18,41H,3-10,12,14-16,19-40,43H2,1-2H3,(H,45,46)/b13-11-,18-17-. The molecule has 302 valence electrons. The fourth-order valence-corrected chi connectivity index (χ4v) is 6.73. The van der Waals surface area contributed by atoms with Gasteiger partial charge in [-0.3, -0.25) is 13.8 Å². The van der Waals surface area contributed by atoms with Crippen LogP contribution in [0.4, 0.5) is 0 Å². The van der Waals surface area contributed by atoms with Crippen molar-refractivity contribution in [2.24, 2.45) is 5.73 Å². The maximum absolute atomic E-state index is 12.5. The molecule has 0 aliphatic heterocycles. The highest BCUT2D eigenvalue weighted by Crippen LogP contribution is 2.43. The fourth-order valence-electron chi connectivity index (χ4n) is 5.97. The molecule has 0 amide bonds. The number of unbranched alkanes of at least 4 members (excludes halogenated alkanes) is 24. The van der Waals surface area contributed by atoms with Crippen molar-refractivity contribution in [2.75, 3.05) is 33.0 Å². The molecule has 0 bridgehead atoms. The third kappa shape index (κ3) is 40.0. The van der Waals surface area contributed by atoms with Crippen LogP contribution < -0.4 is 5.73 Å². The topological polar surface area (TPSA) is 117 Å². The summed E-state index contributed by atoms with van der Waals surface area (Å²) in [5, 5.41) is 0. The molecule has 9 heteroatoms. The van der Waals surface area contributed by atoms with Crippen LogP contribution in [0.3, 0.4) is 0 Å². The number of rotatable bonds is 41. The maximum Gasteiger partial charge on any atom is 0.472 e. The number of ether oxygens (including phenoxy) is 2. The molecular formula is C42H82NO7P. The van der Waals surface area contributed by atoms with Gasteiger partial charge in [0, 0.05) is 19.6 Å². The van der Waals surface area contributed by atoms with Gasteiger partial charge in [0.05, 0.1) is 19.8 Å². The first kappa shape index (κ1) is 50.0. The number of nitrogens with two attached hydrogens (primary N) is 1. The zero-order chi connectivity index (χ0) is 37.4. The van der Waals surface area contributed by atoms with Crippen molar-refractivity contribution in [3.63, 3.8) is 0 Å². The molecule has 0 aliphatic rings. The summed E-state index contributed by atoms with van der Waals surface area (Å²) >= 11 is 0. The summed E-state index contributed by atoms with van der Waals surface area (Å²) in [6.07, 6.45) is 43.3. The normalized spacial score (nSPS) is 13.7. The van der Waals surface area contributed by atoms with Gasteiger partial charge in [-0.2, -0.15) is 0 Å². The smallest absolute Gasteiger partial charge is 0.457 e. The van der Waals surface area contributed by atoms with Crippen LogP contribution in [0.1, 0.15) is 200 Å². The van der Waals surface area contributed by atoms with Gasteiger partial charge in [0.15, 0.2) is 0 Å². The van der Waals surface area contributed by atoms with Crippen LogP contribution in [0.2, 0.25) is 0 Å². The number of hydrogen-bond donors (Lipinski definition) is 2. The van der Waals surface area contributed by atoms with Crippen molar-refractivity contribution in [1.29, 1.82) is 0 Å². The molecule has 0 aromatic carbocycles. The third-order valence-electron chi connectivity index (χ3n) is 9.12. The van der Waals surface area contributed by atoms with Gasteiger partial charge in [-0.1, -0.05) is 173 Å². The minimum absolute atomic E-state index is 0.0940. The Morgan fingerprint density at radius 3 is 1.57 bits per heavy atom. The Kier molecular flexibility index (Phi) is 39.4. The predicted octanol–water partition coefficient (Wildman–Crippen LogP) is 12.5. The van der Waals surface area contributed by atoms with E-state index in [0.717, 1.165) is 38.5 Å². The highest BCUT2D eigenvalue weighted by Gasteiger charge is 2.25. The van der Waals surface area contributed by atoms with Gasteiger partial charge >= 0.3 is 13.8 Å². The number of phosphoric acid groups is 1. The van der Waals surface area contributed by atoms with Crippen LogP contribution in [0.15, 0.2) is 24.3 Å². The molecule has 0 saturated carbocycles. The van der Waals surface area contributed by atoms with E-state index in [1.165, 1.54) is 141 Å². The molecular weight excluding hydrogens is 661 g/mol. The number of allylic oxidation sites excluding steroid dienone is 4. The molecule has 0 rings (SSSR count). The van der Waals surface area contributed by atoms with E-state index in [0.29, 0.717) is 13.0 Å². The summed E-state index contributed by atoms with van der Waals surface area (Å²) in [5.74, 6) is -0.330. The van der Waals surface area contributed by atoms with Crippen LogP contribution in [0, 0.1) is 0 Å². The lowest BCUT2D eigenvalue weighted by Gasteiger charge is -2.20. The second kappa shape index (κ2) is 40.2. The van der Waals surface area contributed by atoms with Gasteiger partial charge in [-0.05, 0) is 44.9 Å². The molecule has 0 heterocycles. The quantitative estimate of drug-likeness (QED) is 0.0275. The van der Waals surface area contributed by atoms with E-state index in [4.69, 9.17) is 24.3 Å². The number of carbonyl (C=O) groups is 1. The van der Waals surface area contributed by atoms with Gasteiger partial charge in [-0.25, -0.2) is 4.57 Å². The van der Waals surface area contributed by atoms with Crippen LogP contribution >= 0.6 is 7.82 Å². The summed E-state index contributed by atoms with van der Waals surface area (Å²) in [7, 11) is -4.27. The summed E-state index contributed by atoms with van der Waals surface area (Å²) in [5.41, 5.74) is 5.36. The summed E-state index contributed by atoms with van der Waals surface area (Å²) < 4.78 is 33.4. The summed E-state index contributed by atoms with van der Waals surface area (Å²) in [4.78, 5) is 22.4. The monoisotopic (exact) mass is 744 g/mol. The molecule has 0 aromatic heterocycles. The Balaban J connectivity index is 3.98. The van der Waals surface area contributed by atoms with E-state index in [-0.39, 0.29) is 32.3 Å². The molecule has 51 heavy (non-hydrogen) atoms. The van der Waals surface area contributed by atoms with Crippen LogP contribution in [-0.4, -0.2) is 49.9 Å². The molecule has 2 atom stereocenters. The Bertz CT molecular complexity index is 838. The molecule has 3 N–H and O–H groups in total. The first-order chi connectivity index (χ1) is 24.9. The van der Waals surface area contributed by atoms with Gasteiger partial charge < -0.3 is 20.1 Å². The van der Waals surface area contributed by atoms with Gasteiger partial charge in [-0.15, -0.1) is 0 Å². The van der Waals surface area contributed by atoms with Crippen molar-refractivity contribution in [1.82, 2.24) is 0 Å². The minimum Gasteiger partial charge on any atom is -0.457 e. The Morgan fingerprint density at radius 2 is 1.04 bits per heavy atom. The molecule has 0 spiro atoms. The lowest BCUT2D eigenvalue weighted by atomic mass is 10.0. The van der Waals surface area contributed by atoms with Gasteiger partial charge in [0.25, 0.3) is 0 Å². The maximum atomic E-state index is 12.5. The lowest BCUT2D eigenvalue weighted by molar-refractivity contribution is -0.154. The second-order valence-electron chi connectivity index (χ2n) is 14.2. The lowest BCUT2D eigenvalue weighted by Crippen LogP contribution is -2.28. The third-order valence-corrected chi connectivity index (χ3v) is 10.1. The zero-order valence-electron chi connectivity index (χ0n) is 33.3. The molecule has 0 aliphatic carbocycles. The van der Waals surface area contributed by atoms with Gasteiger partial charge in [0.1, 0.15) is 6.10 Å². The van der Waals surface area contributed by atoms with Crippen molar-refractivity contribution < 1.29 is 32.8 Å². The minimum atomic E-state index is -4.27. The van der Waals surface area contributed by atoms with Crippen molar-refractivity contribution in [3.05, 3.63) is 24.3 Å². The average Bonchev–Trinajstić information content (AvgIpc) is 3.12. The summed E-state index contributed by atoms with van der Waals surface area (Å²) in [6.45, 7) is 4.91. The van der Waals surface area contributed by atoms with Crippen molar-refractivity contribution >= 4 is 13.8 Å². The van der Waals surface area contributed by atoms with Crippen molar-refractivity contribution in [3.8, 4) is 0 Å². The molecule has 0 radical (unpaired) electrons. The second-order valence-corrected chi connectivity index (χ2v) is 15.7. The SMILES string of the molecule is CCCCC/C=C\C/C=C\CCCCCCCCCCCCOCC(COP(=O)(O)OCCN)OC(=O)CCCCCCCCCCCCCC. The summed E-state index contributed by atoms with van der Waals surface area (Å²) in [6, 6.07) is 0. The largest absolute Gasteiger partial charge is 0.472 e. The van der Waals surface area contributed by atoms with Crippen LogP contribution in [0.25, 0.3) is 0 Å². The van der Waals surface area contributed by atoms with Gasteiger partial charge in [0.2, 0.25) is 0 Å². The Hall–Kier alpha value is -1.02. The van der Waals surface area contributed by atoms with E-state index in [1.54, 1.807) is 0 Å². The van der Waals surface area contributed by atoms with Crippen LogP contribution in [-0.2, 0) is 27.9 Å². The number of phosphoric ester groups is 1. The molecule has 0 saturated heterocycles. The highest BCUT2D eigenvalue weighted by atomic mass is 31.2. The molecule has 2 unspecified atom stereocenters. The van der Waals surface area contributed by atoms with E-state index >= 15 is 0 Å². The van der Waals surface area contributed by atoms with E-state index < -0.39 is 13.9 Å². The Labute approximate surface area is 315 Å². The molecule has 8 nitrogen and oxygen atoms in total. The first-order valence-corrected chi connectivity index (χ1v) is 22.8. The number of hydrogen-bond acceptors (Lipinski definition) is 7. The predicted molar refractivity (Wildman–Crippen MR) is 215 cm³/mol. The number of esters is 1. The molecule has 0 aromatic rings. The van der Waals surface area contributed by atoms with E-state index in [2.05, 4.69) is 38.2 Å². The number of carbonyl (C=O) groups excluding carboxylic acids is 1. The zero-order valence-corrected chi connectivity index (χ0v) is 34.2. The highest BCUT2D eigenvalue weighted by molar-refractivity contribution is 7.47. The fraction of sp³-hybridized carbons (Fsp3) is 0.881.